The molecule has 0 saturated carbocycles. The van der Waals surface area contributed by atoms with Gasteiger partial charge < -0.3 is 9.73 Å². The number of rotatable bonds is 3. The zero-order valence-electron chi connectivity index (χ0n) is 11.4. The summed E-state index contributed by atoms with van der Waals surface area (Å²) < 4.78 is 6.91. The smallest absolute Gasteiger partial charge is 0.258 e. The molecule has 0 spiro atoms. The Kier molecular flexibility index (Phi) is 3.01. The standard InChI is InChI=1S/C16H11N3O2S/c20-15(11-5-7-21-10-11)17-13-4-2-1-3-12(13)14-9-19-6-8-22-16(19)18-14/h1-10H,(H,17,20). The maximum absolute atomic E-state index is 12.2. The van der Waals surface area contributed by atoms with E-state index >= 15 is 0 Å². The number of fused-ring (bicyclic) bond motifs is 1. The molecule has 0 bridgehead atoms. The summed E-state index contributed by atoms with van der Waals surface area (Å²) in [6.07, 6.45) is 6.81. The summed E-state index contributed by atoms with van der Waals surface area (Å²) in [6.45, 7) is 0. The van der Waals surface area contributed by atoms with E-state index in [1.54, 1.807) is 17.4 Å². The van der Waals surface area contributed by atoms with Gasteiger partial charge in [0.05, 0.1) is 23.2 Å². The van der Waals surface area contributed by atoms with E-state index in [2.05, 4.69) is 10.3 Å². The maximum atomic E-state index is 12.2. The first-order valence-corrected chi connectivity index (χ1v) is 7.54. The van der Waals surface area contributed by atoms with Crippen LogP contribution in [0.3, 0.4) is 0 Å². The average Bonchev–Trinajstić information content (AvgIpc) is 3.24. The number of carbonyl (C=O) groups is 1. The molecule has 0 aliphatic carbocycles. The monoisotopic (exact) mass is 309 g/mol. The third-order valence-corrected chi connectivity index (χ3v) is 4.10. The molecule has 6 heteroatoms. The first kappa shape index (κ1) is 12.8. The molecule has 1 aromatic carbocycles. The van der Waals surface area contributed by atoms with Gasteiger partial charge in [-0.3, -0.25) is 9.20 Å². The van der Waals surface area contributed by atoms with E-state index in [0.717, 1.165) is 21.9 Å². The predicted molar refractivity (Wildman–Crippen MR) is 85.2 cm³/mol. The fourth-order valence-electron chi connectivity index (χ4n) is 2.26. The van der Waals surface area contributed by atoms with Crippen molar-refractivity contribution in [2.45, 2.75) is 0 Å². The zero-order valence-corrected chi connectivity index (χ0v) is 12.2. The Balaban J connectivity index is 1.71. The minimum atomic E-state index is -0.206. The van der Waals surface area contributed by atoms with E-state index in [0.29, 0.717) is 5.56 Å². The lowest BCUT2D eigenvalue weighted by atomic mass is 10.1. The van der Waals surface area contributed by atoms with Crippen LogP contribution < -0.4 is 5.32 Å². The van der Waals surface area contributed by atoms with E-state index in [9.17, 15) is 4.79 Å². The lowest BCUT2D eigenvalue weighted by molar-refractivity contribution is 0.102. The van der Waals surface area contributed by atoms with E-state index in [1.165, 1.54) is 12.5 Å². The molecule has 4 aromatic rings. The van der Waals surface area contributed by atoms with Crippen molar-refractivity contribution in [2.24, 2.45) is 0 Å². The highest BCUT2D eigenvalue weighted by Crippen LogP contribution is 2.28. The van der Waals surface area contributed by atoms with Crippen molar-refractivity contribution in [1.29, 1.82) is 0 Å². The topological polar surface area (TPSA) is 59.5 Å². The normalized spacial score (nSPS) is 10.9. The number of hydrogen-bond donors (Lipinski definition) is 1. The molecular weight excluding hydrogens is 298 g/mol. The maximum Gasteiger partial charge on any atom is 0.258 e. The second-order valence-electron chi connectivity index (χ2n) is 4.73. The summed E-state index contributed by atoms with van der Waals surface area (Å²) >= 11 is 1.57. The highest BCUT2D eigenvalue weighted by molar-refractivity contribution is 7.15. The highest BCUT2D eigenvalue weighted by Gasteiger charge is 2.13. The van der Waals surface area contributed by atoms with Gasteiger partial charge in [-0.15, -0.1) is 11.3 Å². The number of benzene rings is 1. The molecule has 1 N–H and O–H groups in total. The summed E-state index contributed by atoms with van der Waals surface area (Å²) in [5.74, 6) is -0.206. The van der Waals surface area contributed by atoms with E-state index < -0.39 is 0 Å². The van der Waals surface area contributed by atoms with Crippen LogP contribution in [0.4, 0.5) is 5.69 Å². The Hall–Kier alpha value is -2.86. The molecule has 0 aliphatic heterocycles. The van der Waals surface area contributed by atoms with Crippen LogP contribution in [0.1, 0.15) is 10.4 Å². The molecule has 3 aromatic heterocycles. The van der Waals surface area contributed by atoms with Crippen molar-refractivity contribution >= 4 is 27.9 Å². The molecule has 0 aliphatic rings. The van der Waals surface area contributed by atoms with Gasteiger partial charge >= 0.3 is 0 Å². The Labute approximate surface area is 129 Å². The molecule has 3 heterocycles. The van der Waals surface area contributed by atoms with Crippen molar-refractivity contribution in [1.82, 2.24) is 9.38 Å². The van der Waals surface area contributed by atoms with Crippen LogP contribution in [-0.4, -0.2) is 15.3 Å². The number of carbonyl (C=O) groups excluding carboxylic acids is 1. The molecule has 4 rings (SSSR count). The number of para-hydroxylation sites is 1. The van der Waals surface area contributed by atoms with Gasteiger partial charge in [0.2, 0.25) is 0 Å². The molecule has 1 amide bonds. The number of imidazole rings is 1. The van der Waals surface area contributed by atoms with Crippen molar-refractivity contribution < 1.29 is 9.21 Å². The third kappa shape index (κ3) is 2.19. The molecule has 22 heavy (non-hydrogen) atoms. The largest absolute Gasteiger partial charge is 0.472 e. The first-order valence-electron chi connectivity index (χ1n) is 6.66. The Morgan fingerprint density at radius 1 is 1.27 bits per heavy atom. The second-order valence-corrected chi connectivity index (χ2v) is 5.60. The molecule has 108 valence electrons. The number of thiazole rings is 1. The minimum Gasteiger partial charge on any atom is -0.472 e. The van der Waals surface area contributed by atoms with Crippen molar-refractivity contribution in [3.05, 3.63) is 66.2 Å². The lowest BCUT2D eigenvalue weighted by Gasteiger charge is -2.08. The van der Waals surface area contributed by atoms with Gasteiger partial charge in [-0.2, -0.15) is 0 Å². The van der Waals surface area contributed by atoms with Gasteiger partial charge in [-0.05, 0) is 12.1 Å². The SMILES string of the molecule is O=C(Nc1ccccc1-c1cn2ccsc2n1)c1ccoc1. The fourth-order valence-corrected chi connectivity index (χ4v) is 2.96. The average molecular weight is 309 g/mol. The molecule has 0 saturated heterocycles. The van der Waals surface area contributed by atoms with Crippen LogP contribution in [-0.2, 0) is 0 Å². The van der Waals surface area contributed by atoms with Crippen molar-refractivity contribution in [2.75, 3.05) is 5.32 Å². The first-order chi connectivity index (χ1) is 10.8. The van der Waals surface area contributed by atoms with Crippen molar-refractivity contribution in [3.8, 4) is 11.3 Å². The van der Waals surface area contributed by atoms with E-state index in [-0.39, 0.29) is 5.91 Å². The summed E-state index contributed by atoms with van der Waals surface area (Å²) in [7, 11) is 0. The molecule has 0 atom stereocenters. The highest BCUT2D eigenvalue weighted by atomic mass is 32.1. The Morgan fingerprint density at radius 3 is 3.00 bits per heavy atom. The second kappa shape index (κ2) is 5.16. The van der Waals surface area contributed by atoms with Gasteiger partial charge in [-0.25, -0.2) is 4.98 Å². The van der Waals surface area contributed by atoms with Crippen LogP contribution in [0, 0.1) is 0 Å². The summed E-state index contributed by atoms with van der Waals surface area (Å²) in [5.41, 5.74) is 2.92. The summed E-state index contributed by atoms with van der Waals surface area (Å²) in [5, 5.41) is 4.89. The van der Waals surface area contributed by atoms with Gasteiger partial charge in [0.25, 0.3) is 5.91 Å². The quantitative estimate of drug-likeness (QED) is 0.624. The number of amides is 1. The molecule has 0 fully saturated rings. The van der Waals surface area contributed by atoms with Crippen LogP contribution >= 0.6 is 11.3 Å². The van der Waals surface area contributed by atoms with Crippen LogP contribution in [0.2, 0.25) is 0 Å². The van der Waals surface area contributed by atoms with Gasteiger partial charge in [0.15, 0.2) is 4.96 Å². The summed E-state index contributed by atoms with van der Waals surface area (Å²) in [6, 6.07) is 9.24. The number of hydrogen-bond acceptors (Lipinski definition) is 4. The zero-order chi connectivity index (χ0) is 14.9. The predicted octanol–water partition coefficient (Wildman–Crippen LogP) is 3.91. The van der Waals surface area contributed by atoms with Gasteiger partial charge in [0, 0.05) is 23.3 Å². The lowest BCUT2D eigenvalue weighted by Crippen LogP contribution is -2.11. The molecule has 0 radical (unpaired) electrons. The number of aromatic nitrogens is 2. The van der Waals surface area contributed by atoms with Crippen LogP contribution in [0.15, 0.2) is 65.0 Å². The van der Waals surface area contributed by atoms with Crippen LogP contribution in [0.25, 0.3) is 16.2 Å². The van der Waals surface area contributed by atoms with Gasteiger partial charge in [-0.1, -0.05) is 18.2 Å². The number of anilines is 1. The molecule has 0 unspecified atom stereocenters. The Bertz CT molecular complexity index is 909. The molecular formula is C16H11N3O2S. The third-order valence-electron chi connectivity index (χ3n) is 3.33. The number of nitrogens with zero attached hydrogens (tertiary/aromatic N) is 2. The number of nitrogens with one attached hydrogen (secondary N) is 1. The minimum absolute atomic E-state index is 0.206. The van der Waals surface area contributed by atoms with Crippen molar-refractivity contribution in [3.63, 3.8) is 0 Å². The summed E-state index contributed by atoms with van der Waals surface area (Å²) in [4.78, 5) is 17.7. The van der Waals surface area contributed by atoms with Gasteiger partial charge in [0.1, 0.15) is 6.26 Å². The van der Waals surface area contributed by atoms with Crippen LogP contribution in [0.5, 0.6) is 0 Å². The van der Waals surface area contributed by atoms with E-state index in [1.807, 2.05) is 46.4 Å². The Morgan fingerprint density at radius 2 is 2.18 bits per heavy atom. The molecule has 5 nitrogen and oxygen atoms in total. The number of furan rings is 1. The van der Waals surface area contributed by atoms with E-state index in [4.69, 9.17) is 4.42 Å². The fraction of sp³-hybridized carbons (Fsp3) is 0.